The number of anilines is 1. The van der Waals surface area contributed by atoms with Crippen LogP contribution in [0.4, 0.5) is 23.8 Å². The number of carbonyl (C=O) groups is 2. The molecule has 13 heteroatoms. The van der Waals surface area contributed by atoms with Gasteiger partial charge >= 0.3 is 12.3 Å². The first-order valence-electron chi connectivity index (χ1n) is 12.0. The molecule has 2 amide bonds. The standard InChI is InChI=1S/C24H30F3N5O5/c1-4-37-23(34)31-9-7-15(8-10-31)29-22(33)16-13-28-32-20(24(25,26)27)12-17(30-21(16)32)14-5-6-18(35-2)19(11-14)36-3/h5-6,11,13,15,17,20,30H,4,7-10,12H2,1-3H3,(H,29,33)/t17-,20-/m1/s1. The molecule has 2 atom stereocenters. The van der Waals surface area contributed by atoms with E-state index in [0.29, 0.717) is 43.0 Å². The van der Waals surface area contributed by atoms with Crippen LogP contribution < -0.4 is 20.1 Å². The van der Waals surface area contributed by atoms with E-state index in [4.69, 9.17) is 14.2 Å². The molecule has 2 aromatic rings. The van der Waals surface area contributed by atoms with E-state index in [-0.39, 0.29) is 30.5 Å². The van der Waals surface area contributed by atoms with E-state index in [2.05, 4.69) is 15.7 Å². The minimum absolute atomic E-state index is 0.00480. The molecule has 2 aliphatic heterocycles. The molecule has 1 fully saturated rings. The number of amides is 2. The number of carbonyl (C=O) groups excluding carboxylic acids is 2. The summed E-state index contributed by atoms with van der Waals surface area (Å²) >= 11 is 0. The molecule has 0 radical (unpaired) electrons. The number of benzene rings is 1. The highest BCUT2D eigenvalue weighted by Crippen LogP contribution is 2.45. The number of ether oxygens (including phenoxy) is 3. The van der Waals surface area contributed by atoms with Crippen LogP contribution in [0.1, 0.15) is 54.2 Å². The van der Waals surface area contributed by atoms with Gasteiger partial charge in [-0.25, -0.2) is 9.48 Å². The number of halogens is 3. The molecule has 0 unspecified atom stereocenters. The molecule has 2 N–H and O–H groups in total. The SMILES string of the molecule is CCOC(=O)N1CCC(NC(=O)c2cnn3c2N[C@@H](c2ccc(OC)c(OC)c2)C[C@@H]3C(F)(F)F)CC1. The summed E-state index contributed by atoms with van der Waals surface area (Å²) < 4.78 is 58.5. The van der Waals surface area contributed by atoms with Crippen molar-refractivity contribution in [1.82, 2.24) is 20.0 Å². The zero-order valence-electron chi connectivity index (χ0n) is 20.8. The maximum atomic E-state index is 14.0. The van der Waals surface area contributed by atoms with Crippen LogP contribution in [0.3, 0.4) is 0 Å². The molecule has 1 saturated heterocycles. The van der Waals surface area contributed by atoms with Gasteiger partial charge in [0, 0.05) is 25.6 Å². The second-order valence-electron chi connectivity index (χ2n) is 8.89. The van der Waals surface area contributed by atoms with Gasteiger partial charge in [0.1, 0.15) is 11.4 Å². The number of nitrogens with zero attached hydrogens (tertiary/aromatic N) is 3. The van der Waals surface area contributed by atoms with Crippen molar-refractivity contribution in [2.75, 3.05) is 39.2 Å². The summed E-state index contributed by atoms with van der Waals surface area (Å²) in [5, 5.41) is 9.88. The molecule has 202 valence electrons. The quantitative estimate of drug-likeness (QED) is 0.589. The van der Waals surface area contributed by atoms with Crippen LogP contribution >= 0.6 is 0 Å². The Hall–Kier alpha value is -3.64. The molecule has 4 rings (SSSR count). The summed E-state index contributed by atoms with van der Waals surface area (Å²) in [4.78, 5) is 26.6. The number of alkyl halides is 3. The van der Waals surface area contributed by atoms with Crippen molar-refractivity contribution in [3.63, 3.8) is 0 Å². The number of fused-ring (bicyclic) bond motifs is 1. The van der Waals surface area contributed by atoms with Crippen molar-refractivity contribution in [1.29, 1.82) is 0 Å². The lowest BCUT2D eigenvalue weighted by molar-refractivity contribution is -0.173. The van der Waals surface area contributed by atoms with Crippen molar-refractivity contribution in [2.45, 2.75) is 50.5 Å². The van der Waals surface area contributed by atoms with E-state index in [1.165, 1.54) is 14.2 Å². The lowest BCUT2D eigenvalue weighted by Gasteiger charge is -2.34. The van der Waals surface area contributed by atoms with Crippen LogP contribution in [0.2, 0.25) is 0 Å². The Kier molecular flexibility index (Phi) is 7.69. The van der Waals surface area contributed by atoms with Crippen LogP contribution in [0.25, 0.3) is 0 Å². The number of piperidine rings is 1. The molecular weight excluding hydrogens is 495 g/mol. The molecule has 0 bridgehead atoms. The average Bonchev–Trinajstić information content (AvgIpc) is 3.31. The second kappa shape index (κ2) is 10.8. The van der Waals surface area contributed by atoms with Crippen molar-refractivity contribution in [3.05, 3.63) is 35.5 Å². The maximum absolute atomic E-state index is 14.0. The molecule has 37 heavy (non-hydrogen) atoms. The topological polar surface area (TPSA) is 107 Å². The lowest BCUT2D eigenvalue weighted by Crippen LogP contribution is -2.46. The van der Waals surface area contributed by atoms with Crippen molar-refractivity contribution in [3.8, 4) is 11.5 Å². The third-order valence-corrected chi connectivity index (χ3v) is 6.65. The number of aromatic nitrogens is 2. The Morgan fingerprint density at radius 2 is 1.86 bits per heavy atom. The number of rotatable bonds is 6. The van der Waals surface area contributed by atoms with Gasteiger partial charge in [0.05, 0.1) is 33.1 Å². The highest BCUT2D eigenvalue weighted by molar-refractivity contribution is 5.99. The predicted molar refractivity (Wildman–Crippen MR) is 127 cm³/mol. The molecule has 2 aliphatic rings. The van der Waals surface area contributed by atoms with Crippen molar-refractivity contribution in [2.24, 2.45) is 0 Å². The molecular formula is C24H30F3N5O5. The minimum Gasteiger partial charge on any atom is -0.493 e. The van der Waals surface area contributed by atoms with Crippen molar-refractivity contribution >= 4 is 17.8 Å². The van der Waals surface area contributed by atoms with Gasteiger partial charge in [0.15, 0.2) is 17.5 Å². The third kappa shape index (κ3) is 5.54. The summed E-state index contributed by atoms with van der Waals surface area (Å²) in [7, 11) is 2.92. The minimum atomic E-state index is -4.58. The van der Waals surface area contributed by atoms with Gasteiger partial charge in [-0.1, -0.05) is 6.07 Å². The predicted octanol–water partition coefficient (Wildman–Crippen LogP) is 3.91. The average molecular weight is 526 g/mol. The molecule has 10 nitrogen and oxygen atoms in total. The molecule has 0 saturated carbocycles. The van der Waals surface area contributed by atoms with E-state index in [0.717, 1.165) is 10.9 Å². The van der Waals surface area contributed by atoms with Gasteiger partial charge in [-0.2, -0.15) is 18.3 Å². The van der Waals surface area contributed by atoms with Crippen LogP contribution in [0.15, 0.2) is 24.4 Å². The van der Waals surface area contributed by atoms with Gasteiger partial charge in [-0.15, -0.1) is 0 Å². The van der Waals surface area contributed by atoms with E-state index in [9.17, 15) is 22.8 Å². The monoisotopic (exact) mass is 525 g/mol. The van der Waals surface area contributed by atoms with Crippen LogP contribution in [-0.2, 0) is 4.74 Å². The zero-order valence-corrected chi connectivity index (χ0v) is 20.8. The van der Waals surface area contributed by atoms with E-state index >= 15 is 0 Å². The van der Waals surface area contributed by atoms with Gasteiger partial charge in [-0.3, -0.25) is 4.79 Å². The Balaban J connectivity index is 1.54. The van der Waals surface area contributed by atoms with Crippen LogP contribution in [-0.4, -0.2) is 72.8 Å². The van der Waals surface area contributed by atoms with Gasteiger partial charge in [0.25, 0.3) is 5.91 Å². The number of methoxy groups -OCH3 is 2. The van der Waals surface area contributed by atoms with Crippen LogP contribution in [0.5, 0.6) is 11.5 Å². The first-order chi connectivity index (χ1) is 17.7. The van der Waals surface area contributed by atoms with E-state index < -0.39 is 30.3 Å². The molecule has 0 spiro atoms. The number of nitrogens with one attached hydrogen (secondary N) is 2. The summed E-state index contributed by atoms with van der Waals surface area (Å²) in [6.45, 7) is 2.82. The molecule has 0 aliphatic carbocycles. The fourth-order valence-corrected chi connectivity index (χ4v) is 4.70. The highest BCUT2D eigenvalue weighted by atomic mass is 19.4. The second-order valence-corrected chi connectivity index (χ2v) is 8.89. The third-order valence-electron chi connectivity index (χ3n) is 6.65. The Morgan fingerprint density at radius 1 is 1.16 bits per heavy atom. The maximum Gasteiger partial charge on any atom is 0.410 e. The molecule has 3 heterocycles. The molecule has 1 aromatic heterocycles. The fourth-order valence-electron chi connectivity index (χ4n) is 4.70. The number of hydrogen-bond donors (Lipinski definition) is 2. The largest absolute Gasteiger partial charge is 0.493 e. The van der Waals surface area contributed by atoms with E-state index in [1.807, 2.05) is 0 Å². The molecule has 1 aromatic carbocycles. The summed E-state index contributed by atoms with van der Waals surface area (Å²) in [5.41, 5.74) is 0.573. The number of hydrogen-bond acceptors (Lipinski definition) is 7. The normalized spacial score (nSPS) is 20.0. The summed E-state index contributed by atoms with van der Waals surface area (Å²) in [6, 6.07) is 1.99. The number of likely N-dealkylation sites (tertiary alicyclic amines) is 1. The summed E-state index contributed by atoms with van der Waals surface area (Å²) in [6.07, 6.45) is -3.14. The smallest absolute Gasteiger partial charge is 0.410 e. The van der Waals surface area contributed by atoms with E-state index in [1.54, 1.807) is 30.0 Å². The Bertz CT molecular complexity index is 1130. The Morgan fingerprint density at radius 3 is 2.49 bits per heavy atom. The summed E-state index contributed by atoms with van der Waals surface area (Å²) in [5.74, 6) is 0.303. The lowest BCUT2D eigenvalue weighted by atomic mass is 9.96. The first-order valence-corrected chi connectivity index (χ1v) is 12.0. The van der Waals surface area contributed by atoms with Gasteiger partial charge in [-0.05, 0) is 37.5 Å². The van der Waals surface area contributed by atoms with Gasteiger partial charge < -0.3 is 29.7 Å². The zero-order chi connectivity index (χ0) is 26.7. The van der Waals surface area contributed by atoms with Crippen molar-refractivity contribution < 1.29 is 37.0 Å². The Labute approximate surface area is 212 Å². The fraction of sp³-hybridized carbons (Fsp3) is 0.542. The van der Waals surface area contributed by atoms with Crippen LogP contribution in [0, 0.1) is 0 Å². The highest BCUT2D eigenvalue weighted by Gasteiger charge is 2.47. The van der Waals surface area contributed by atoms with Gasteiger partial charge in [0.2, 0.25) is 0 Å². The first kappa shape index (κ1) is 26.4.